The van der Waals surface area contributed by atoms with Crippen molar-refractivity contribution in [3.63, 3.8) is 0 Å². The van der Waals surface area contributed by atoms with Gasteiger partial charge in [0.2, 0.25) is 5.91 Å². The average molecular weight is 404 g/mol. The molecule has 0 bridgehead atoms. The molecule has 0 spiro atoms. The molecule has 1 amide bonds. The summed E-state index contributed by atoms with van der Waals surface area (Å²) in [5.41, 5.74) is 2.02. The largest absolute Gasteiger partial charge is 0.493 e. The van der Waals surface area contributed by atoms with Crippen LogP contribution in [0.5, 0.6) is 11.5 Å². The van der Waals surface area contributed by atoms with Crippen molar-refractivity contribution in [1.82, 2.24) is 0 Å². The van der Waals surface area contributed by atoms with E-state index in [-0.39, 0.29) is 12.5 Å². The van der Waals surface area contributed by atoms with Crippen molar-refractivity contribution in [2.75, 3.05) is 25.6 Å². The maximum absolute atomic E-state index is 12.4. The SMILES string of the molecule is CCOC(=O)c1c(NC(=O)/C=C/c2ccc(OCC)c(OC)c2)sc(C)c1C. The molecule has 1 aromatic heterocycles. The quantitative estimate of drug-likeness (QED) is 0.515. The summed E-state index contributed by atoms with van der Waals surface area (Å²) >= 11 is 1.36. The molecule has 0 saturated heterocycles. The molecular formula is C21H25NO5S. The highest BCUT2D eigenvalue weighted by molar-refractivity contribution is 7.16. The highest BCUT2D eigenvalue weighted by Crippen LogP contribution is 2.33. The standard InChI is InChI=1S/C21H25NO5S/c1-6-26-16-10-8-15(12-17(16)25-5)9-11-18(23)22-20-19(21(24)27-7-2)13(3)14(4)28-20/h8-12H,6-7H2,1-5H3,(H,22,23)/b11-9+. The maximum Gasteiger partial charge on any atom is 0.341 e. The number of esters is 1. The molecule has 7 heteroatoms. The number of methoxy groups -OCH3 is 1. The first-order chi connectivity index (χ1) is 13.4. The van der Waals surface area contributed by atoms with Gasteiger partial charge in [-0.05, 0) is 57.0 Å². The van der Waals surface area contributed by atoms with Crippen LogP contribution in [0.2, 0.25) is 0 Å². The summed E-state index contributed by atoms with van der Waals surface area (Å²) in [6, 6.07) is 5.42. The molecule has 0 unspecified atom stereocenters. The van der Waals surface area contributed by atoms with Crippen LogP contribution in [0, 0.1) is 13.8 Å². The van der Waals surface area contributed by atoms with Gasteiger partial charge in [-0.3, -0.25) is 4.79 Å². The third-order valence-corrected chi connectivity index (χ3v) is 5.14. The summed E-state index contributed by atoms with van der Waals surface area (Å²) in [4.78, 5) is 25.5. The first kappa shape index (κ1) is 21.5. The number of hydrogen-bond donors (Lipinski definition) is 1. The number of aryl methyl sites for hydroxylation is 1. The maximum atomic E-state index is 12.4. The normalized spacial score (nSPS) is 10.8. The van der Waals surface area contributed by atoms with E-state index in [1.54, 1.807) is 32.2 Å². The Labute approximate surface area is 169 Å². The van der Waals surface area contributed by atoms with E-state index in [4.69, 9.17) is 14.2 Å². The van der Waals surface area contributed by atoms with Crippen LogP contribution in [0.25, 0.3) is 6.08 Å². The predicted octanol–water partition coefficient (Wildman–Crippen LogP) is 4.60. The number of carbonyl (C=O) groups is 2. The smallest absolute Gasteiger partial charge is 0.341 e. The molecule has 1 heterocycles. The number of hydrogen-bond acceptors (Lipinski definition) is 6. The Kier molecular flexibility index (Phi) is 7.63. The molecule has 2 rings (SSSR count). The highest BCUT2D eigenvalue weighted by Gasteiger charge is 2.21. The van der Waals surface area contributed by atoms with E-state index in [1.165, 1.54) is 17.4 Å². The fraction of sp³-hybridized carbons (Fsp3) is 0.333. The van der Waals surface area contributed by atoms with E-state index in [9.17, 15) is 9.59 Å². The number of nitrogens with one attached hydrogen (secondary N) is 1. The molecule has 0 atom stereocenters. The number of carbonyl (C=O) groups excluding carboxylic acids is 2. The zero-order valence-corrected chi connectivity index (χ0v) is 17.6. The van der Waals surface area contributed by atoms with Crippen LogP contribution in [0.3, 0.4) is 0 Å². The highest BCUT2D eigenvalue weighted by atomic mass is 32.1. The number of amides is 1. The lowest BCUT2D eigenvalue weighted by Crippen LogP contribution is -2.12. The molecule has 1 aromatic carbocycles. The molecule has 2 aromatic rings. The van der Waals surface area contributed by atoms with Gasteiger partial charge in [0.05, 0.1) is 25.9 Å². The lowest BCUT2D eigenvalue weighted by atomic mass is 10.1. The lowest BCUT2D eigenvalue weighted by Gasteiger charge is -2.09. The minimum Gasteiger partial charge on any atom is -0.493 e. The Morgan fingerprint density at radius 1 is 1.14 bits per heavy atom. The van der Waals surface area contributed by atoms with E-state index >= 15 is 0 Å². The molecule has 0 aliphatic rings. The van der Waals surface area contributed by atoms with Gasteiger partial charge < -0.3 is 19.5 Å². The summed E-state index contributed by atoms with van der Waals surface area (Å²) in [6.45, 7) is 8.21. The summed E-state index contributed by atoms with van der Waals surface area (Å²) in [6.07, 6.45) is 3.08. The molecule has 6 nitrogen and oxygen atoms in total. The van der Waals surface area contributed by atoms with Crippen LogP contribution in [-0.2, 0) is 9.53 Å². The van der Waals surface area contributed by atoms with Gasteiger partial charge in [-0.1, -0.05) is 6.07 Å². The second kappa shape index (κ2) is 9.94. The Morgan fingerprint density at radius 2 is 1.89 bits per heavy atom. The third-order valence-electron chi connectivity index (χ3n) is 4.02. The predicted molar refractivity (Wildman–Crippen MR) is 112 cm³/mol. The van der Waals surface area contributed by atoms with Crippen LogP contribution in [-0.4, -0.2) is 32.2 Å². The summed E-state index contributed by atoms with van der Waals surface area (Å²) < 4.78 is 15.9. The molecule has 0 saturated carbocycles. The van der Waals surface area contributed by atoms with Crippen molar-refractivity contribution in [1.29, 1.82) is 0 Å². The average Bonchev–Trinajstić information content (AvgIpc) is 2.94. The number of benzene rings is 1. The number of anilines is 1. The van der Waals surface area contributed by atoms with Crippen molar-refractivity contribution in [3.05, 3.63) is 45.8 Å². The second-order valence-electron chi connectivity index (χ2n) is 5.87. The molecule has 0 aliphatic carbocycles. The van der Waals surface area contributed by atoms with Crippen LogP contribution in [0.1, 0.15) is 40.2 Å². The topological polar surface area (TPSA) is 73.9 Å². The van der Waals surface area contributed by atoms with E-state index < -0.39 is 5.97 Å². The second-order valence-corrected chi connectivity index (χ2v) is 7.10. The van der Waals surface area contributed by atoms with E-state index in [0.717, 1.165) is 16.0 Å². The van der Waals surface area contributed by atoms with E-state index in [2.05, 4.69) is 5.32 Å². The van der Waals surface area contributed by atoms with Crippen LogP contribution in [0.15, 0.2) is 24.3 Å². The van der Waals surface area contributed by atoms with Crippen molar-refractivity contribution in [2.45, 2.75) is 27.7 Å². The van der Waals surface area contributed by atoms with Gasteiger partial charge in [0.15, 0.2) is 11.5 Å². The zero-order chi connectivity index (χ0) is 20.7. The Balaban J connectivity index is 2.16. The molecule has 28 heavy (non-hydrogen) atoms. The number of thiophene rings is 1. The Hall–Kier alpha value is -2.80. The summed E-state index contributed by atoms with van der Waals surface area (Å²) in [5, 5.41) is 3.27. The lowest BCUT2D eigenvalue weighted by molar-refractivity contribution is -0.111. The minimum absolute atomic E-state index is 0.278. The van der Waals surface area contributed by atoms with E-state index in [0.29, 0.717) is 28.7 Å². The fourth-order valence-corrected chi connectivity index (χ4v) is 3.60. The van der Waals surface area contributed by atoms with Gasteiger partial charge in [-0.2, -0.15) is 0 Å². The van der Waals surface area contributed by atoms with Crippen molar-refractivity contribution >= 4 is 34.3 Å². The van der Waals surface area contributed by atoms with Gasteiger partial charge >= 0.3 is 5.97 Å². The Bertz CT molecular complexity index is 885. The Morgan fingerprint density at radius 3 is 2.54 bits per heavy atom. The van der Waals surface area contributed by atoms with Crippen LogP contribution in [0.4, 0.5) is 5.00 Å². The van der Waals surface area contributed by atoms with Gasteiger partial charge in [-0.25, -0.2) is 4.79 Å². The third kappa shape index (κ3) is 5.13. The van der Waals surface area contributed by atoms with Gasteiger partial charge in [0, 0.05) is 11.0 Å². The molecule has 0 fully saturated rings. The first-order valence-corrected chi connectivity index (χ1v) is 9.79. The number of rotatable bonds is 8. The van der Waals surface area contributed by atoms with E-state index in [1.807, 2.05) is 26.8 Å². The minimum atomic E-state index is -0.431. The van der Waals surface area contributed by atoms with Gasteiger partial charge in [0.25, 0.3) is 0 Å². The zero-order valence-electron chi connectivity index (χ0n) is 16.8. The monoisotopic (exact) mass is 403 g/mol. The van der Waals surface area contributed by atoms with Crippen molar-refractivity contribution in [3.8, 4) is 11.5 Å². The van der Waals surface area contributed by atoms with Gasteiger partial charge in [-0.15, -0.1) is 11.3 Å². The molecular weight excluding hydrogens is 378 g/mol. The van der Waals surface area contributed by atoms with Gasteiger partial charge in [0.1, 0.15) is 5.00 Å². The molecule has 0 radical (unpaired) electrons. The fourth-order valence-electron chi connectivity index (χ4n) is 2.55. The first-order valence-electron chi connectivity index (χ1n) is 8.98. The summed E-state index contributed by atoms with van der Waals surface area (Å²) in [7, 11) is 1.57. The van der Waals surface area contributed by atoms with Crippen LogP contribution < -0.4 is 14.8 Å². The molecule has 1 N–H and O–H groups in total. The van der Waals surface area contributed by atoms with Crippen molar-refractivity contribution < 1.29 is 23.8 Å². The molecule has 150 valence electrons. The number of ether oxygens (including phenoxy) is 3. The molecule has 0 aliphatic heterocycles. The van der Waals surface area contributed by atoms with Crippen LogP contribution >= 0.6 is 11.3 Å². The van der Waals surface area contributed by atoms with Crippen molar-refractivity contribution in [2.24, 2.45) is 0 Å². The summed E-state index contributed by atoms with van der Waals surface area (Å²) in [5.74, 6) is 0.480.